The number of anilines is 2. The Hall–Kier alpha value is -3.03. The normalized spacial score (nSPS) is 11.5. The number of carboxylic acid groups (broad SMARTS) is 1. The van der Waals surface area contributed by atoms with Gasteiger partial charge in [0.05, 0.1) is 11.8 Å². The minimum atomic E-state index is -4.43. The number of aliphatic carboxylic acids is 1. The maximum absolute atomic E-state index is 12.7. The van der Waals surface area contributed by atoms with Gasteiger partial charge in [0.25, 0.3) is 0 Å². The molecule has 8 heteroatoms. The molecule has 0 atom stereocenters. The van der Waals surface area contributed by atoms with Gasteiger partial charge in [0, 0.05) is 16.9 Å². The number of benzene rings is 2. The van der Waals surface area contributed by atoms with E-state index in [1.54, 1.807) is 24.3 Å². The summed E-state index contributed by atoms with van der Waals surface area (Å²) < 4.78 is 38.2. The molecule has 0 aromatic heterocycles. The molecule has 0 unspecified atom stereocenters. The van der Waals surface area contributed by atoms with Crippen LogP contribution in [0.1, 0.15) is 11.1 Å². The van der Waals surface area contributed by atoms with Crippen LogP contribution >= 0.6 is 0 Å². The van der Waals surface area contributed by atoms with E-state index < -0.39 is 24.3 Å². The van der Waals surface area contributed by atoms with Crippen molar-refractivity contribution in [1.82, 2.24) is 0 Å². The van der Waals surface area contributed by atoms with Gasteiger partial charge in [-0.15, -0.1) is 0 Å². The predicted molar refractivity (Wildman–Crippen MR) is 82.4 cm³/mol. The van der Waals surface area contributed by atoms with Crippen LogP contribution < -0.4 is 5.32 Å². The van der Waals surface area contributed by atoms with Crippen molar-refractivity contribution in [3.05, 3.63) is 59.7 Å². The van der Waals surface area contributed by atoms with Crippen molar-refractivity contribution in [2.45, 2.75) is 6.18 Å². The zero-order valence-electron chi connectivity index (χ0n) is 12.2. The van der Waals surface area contributed by atoms with E-state index >= 15 is 0 Å². The molecule has 2 rings (SSSR count). The zero-order chi connectivity index (χ0) is 17.6. The molecule has 2 aromatic rings. The largest absolute Gasteiger partial charge is 0.479 e. The molecule has 0 amide bonds. The van der Waals surface area contributed by atoms with Crippen LogP contribution in [-0.2, 0) is 15.8 Å². The van der Waals surface area contributed by atoms with Gasteiger partial charge < -0.3 is 15.3 Å². The number of alkyl halides is 3. The second-order valence-electron chi connectivity index (χ2n) is 4.69. The Balaban J connectivity index is 2.17. The van der Waals surface area contributed by atoms with Gasteiger partial charge in [0.2, 0.25) is 6.61 Å². The highest BCUT2D eigenvalue weighted by Crippen LogP contribution is 2.31. The number of nitrogens with one attached hydrogen (secondary N) is 1. The van der Waals surface area contributed by atoms with Crippen molar-refractivity contribution in [2.75, 3.05) is 11.9 Å². The summed E-state index contributed by atoms with van der Waals surface area (Å²) in [6.07, 6.45) is -3.15. The first kappa shape index (κ1) is 17.3. The molecule has 0 aliphatic rings. The number of oxime groups is 1. The van der Waals surface area contributed by atoms with Crippen LogP contribution in [0.15, 0.2) is 53.7 Å². The van der Waals surface area contributed by atoms with Crippen LogP contribution in [0.25, 0.3) is 0 Å². The molecule has 5 nitrogen and oxygen atoms in total. The number of nitrogens with zero attached hydrogens (tertiary/aromatic N) is 1. The number of para-hydroxylation sites is 1. The maximum atomic E-state index is 12.7. The fourth-order valence-corrected chi connectivity index (χ4v) is 1.84. The van der Waals surface area contributed by atoms with Gasteiger partial charge in [0.1, 0.15) is 0 Å². The Morgan fingerprint density at radius 3 is 2.67 bits per heavy atom. The molecule has 0 fully saturated rings. The summed E-state index contributed by atoms with van der Waals surface area (Å²) in [7, 11) is 0. The molecule has 0 aliphatic heterocycles. The summed E-state index contributed by atoms with van der Waals surface area (Å²) in [6, 6.07) is 11.5. The molecule has 2 N–H and O–H groups in total. The summed E-state index contributed by atoms with van der Waals surface area (Å²) >= 11 is 0. The Morgan fingerprint density at radius 1 is 1.21 bits per heavy atom. The first-order valence-electron chi connectivity index (χ1n) is 6.77. The van der Waals surface area contributed by atoms with Crippen LogP contribution in [-0.4, -0.2) is 23.9 Å². The average Bonchev–Trinajstić information content (AvgIpc) is 2.52. The zero-order valence-corrected chi connectivity index (χ0v) is 12.2. The summed E-state index contributed by atoms with van der Waals surface area (Å²) in [6.45, 7) is -0.584. The Kier molecular flexibility index (Phi) is 5.41. The molecule has 2 aromatic carbocycles. The van der Waals surface area contributed by atoms with Crippen LogP contribution in [0.2, 0.25) is 0 Å². The lowest BCUT2D eigenvalue weighted by Crippen LogP contribution is -2.05. The number of hydrogen-bond acceptors (Lipinski definition) is 4. The van der Waals surface area contributed by atoms with Crippen molar-refractivity contribution < 1.29 is 27.9 Å². The summed E-state index contributed by atoms with van der Waals surface area (Å²) in [5, 5.41) is 14.8. The smallest absolute Gasteiger partial charge is 0.416 e. The monoisotopic (exact) mass is 338 g/mol. The molecule has 0 spiro atoms. The summed E-state index contributed by atoms with van der Waals surface area (Å²) in [4.78, 5) is 14.9. The summed E-state index contributed by atoms with van der Waals surface area (Å²) in [5.74, 6) is -1.16. The molecule has 0 saturated carbocycles. The average molecular weight is 338 g/mol. The van der Waals surface area contributed by atoms with Crippen LogP contribution in [0.5, 0.6) is 0 Å². The van der Waals surface area contributed by atoms with E-state index in [2.05, 4.69) is 15.3 Å². The Bertz CT molecular complexity index is 745. The molecule has 24 heavy (non-hydrogen) atoms. The van der Waals surface area contributed by atoms with E-state index in [0.717, 1.165) is 12.1 Å². The lowest BCUT2D eigenvalue weighted by atomic mass is 10.1. The van der Waals surface area contributed by atoms with E-state index in [4.69, 9.17) is 5.11 Å². The van der Waals surface area contributed by atoms with Gasteiger partial charge in [-0.2, -0.15) is 13.2 Å². The molecule has 0 radical (unpaired) electrons. The molecule has 126 valence electrons. The van der Waals surface area contributed by atoms with E-state index in [-0.39, 0.29) is 5.69 Å². The number of carbonyl (C=O) groups is 1. The molecule has 0 aliphatic carbocycles. The maximum Gasteiger partial charge on any atom is 0.416 e. The van der Waals surface area contributed by atoms with Crippen molar-refractivity contribution in [3.63, 3.8) is 0 Å². The summed E-state index contributed by atoms with van der Waals surface area (Å²) in [5.41, 5.74) is 0.528. The van der Waals surface area contributed by atoms with Crippen molar-refractivity contribution >= 4 is 23.6 Å². The van der Waals surface area contributed by atoms with Gasteiger partial charge in [0.15, 0.2) is 0 Å². The van der Waals surface area contributed by atoms with Gasteiger partial charge in [-0.1, -0.05) is 29.4 Å². The first-order valence-corrected chi connectivity index (χ1v) is 6.77. The third-order valence-electron chi connectivity index (χ3n) is 2.88. The third kappa shape index (κ3) is 5.01. The first-order chi connectivity index (χ1) is 11.4. The Morgan fingerprint density at radius 2 is 1.96 bits per heavy atom. The van der Waals surface area contributed by atoms with Crippen LogP contribution in [0.4, 0.5) is 24.5 Å². The van der Waals surface area contributed by atoms with Gasteiger partial charge in [-0.05, 0) is 24.3 Å². The highest BCUT2D eigenvalue weighted by atomic mass is 19.4. The van der Waals surface area contributed by atoms with Crippen molar-refractivity contribution in [1.29, 1.82) is 0 Å². The SMILES string of the molecule is O=C(O)CON=Cc1ccccc1Nc1cccc(C(F)(F)F)c1. The fraction of sp³-hybridized carbons (Fsp3) is 0.125. The van der Waals surface area contributed by atoms with Gasteiger partial charge in [-0.3, -0.25) is 0 Å². The molecular formula is C16H13F3N2O3. The minimum absolute atomic E-state index is 0.261. The van der Waals surface area contributed by atoms with Crippen molar-refractivity contribution in [2.24, 2.45) is 5.16 Å². The number of carboxylic acids is 1. The van der Waals surface area contributed by atoms with Crippen molar-refractivity contribution in [3.8, 4) is 0 Å². The van der Waals surface area contributed by atoms with Gasteiger partial charge >= 0.3 is 12.1 Å². The fourth-order valence-electron chi connectivity index (χ4n) is 1.84. The van der Waals surface area contributed by atoms with Crippen LogP contribution in [0, 0.1) is 0 Å². The van der Waals surface area contributed by atoms with E-state index in [0.29, 0.717) is 11.3 Å². The van der Waals surface area contributed by atoms with Crippen LogP contribution in [0.3, 0.4) is 0 Å². The van der Waals surface area contributed by atoms with E-state index in [1.165, 1.54) is 18.3 Å². The molecule has 0 bridgehead atoms. The lowest BCUT2D eigenvalue weighted by molar-refractivity contribution is -0.142. The standard InChI is InChI=1S/C16H13F3N2O3/c17-16(18,19)12-5-3-6-13(8-12)21-14-7-2-1-4-11(14)9-20-24-10-15(22)23/h1-9,21H,10H2,(H,22,23). The molecular weight excluding hydrogens is 325 g/mol. The highest BCUT2D eigenvalue weighted by molar-refractivity contribution is 5.88. The predicted octanol–water partition coefficient (Wildman–Crippen LogP) is 3.88. The second kappa shape index (κ2) is 7.49. The topological polar surface area (TPSA) is 70.9 Å². The van der Waals surface area contributed by atoms with Gasteiger partial charge in [-0.25, -0.2) is 4.79 Å². The number of halogens is 3. The molecule has 0 saturated heterocycles. The Labute approximate surface area is 135 Å². The molecule has 0 heterocycles. The quantitative estimate of drug-likeness (QED) is 0.619. The third-order valence-corrected chi connectivity index (χ3v) is 2.88. The highest BCUT2D eigenvalue weighted by Gasteiger charge is 2.30. The lowest BCUT2D eigenvalue weighted by Gasteiger charge is -2.12. The number of rotatable bonds is 6. The van der Waals surface area contributed by atoms with E-state index in [1.807, 2.05) is 0 Å². The minimum Gasteiger partial charge on any atom is -0.479 e. The number of hydrogen-bond donors (Lipinski definition) is 2. The van der Waals surface area contributed by atoms with E-state index in [9.17, 15) is 18.0 Å². The second-order valence-corrected chi connectivity index (χ2v) is 4.69.